The van der Waals surface area contributed by atoms with Gasteiger partial charge in [-0.2, -0.15) is 0 Å². The minimum Gasteiger partial charge on any atom is -0.496 e. The first-order valence-electron chi connectivity index (χ1n) is 6.36. The number of benzene rings is 1. The summed E-state index contributed by atoms with van der Waals surface area (Å²) in [6.07, 6.45) is 3.15. The monoisotopic (exact) mass is 301 g/mol. The van der Waals surface area contributed by atoms with E-state index >= 15 is 0 Å². The van der Waals surface area contributed by atoms with Gasteiger partial charge in [0.05, 0.1) is 12.7 Å². The van der Waals surface area contributed by atoms with Gasteiger partial charge < -0.3 is 10.1 Å². The van der Waals surface area contributed by atoms with Crippen LogP contribution in [0.3, 0.4) is 0 Å². The fourth-order valence-electron chi connectivity index (χ4n) is 2.52. The van der Waals surface area contributed by atoms with Crippen molar-refractivity contribution in [3.8, 4) is 5.75 Å². The third kappa shape index (κ3) is 3.34. The van der Waals surface area contributed by atoms with Crippen molar-refractivity contribution >= 4 is 29.1 Å². The van der Waals surface area contributed by atoms with Gasteiger partial charge in [0.2, 0.25) is 0 Å². The Kier molecular flexibility index (Phi) is 4.94. The van der Waals surface area contributed by atoms with Crippen molar-refractivity contribution in [2.45, 2.75) is 25.3 Å². The van der Waals surface area contributed by atoms with Crippen LogP contribution in [0, 0.1) is 5.92 Å². The Morgan fingerprint density at radius 3 is 2.95 bits per heavy atom. The third-order valence-corrected chi connectivity index (χ3v) is 4.21. The van der Waals surface area contributed by atoms with E-state index in [2.05, 4.69) is 5.32 Å². The lowest BCUT2D eigenvalue weighted by atomic mass is 10.1. The van der Waals surface area contributed by atoms with Gasteiger partial charge in [-0.05, 0) is 37.0 Å². The standard InChI is InChI=1S/C14H17Cl2NO2/c1-19-13-6-5-10(16)7-11(13)14(18)17-12-4-2-3-9(12)8-15/h5-7,9,12H,2-4,8H2,1H3,(H,17,18). The van der Waals surface area contributed by atoms with Crippen molar-refractivity contribution in [3.05, 3.63) is 28.8 Å². The molecule has 104 valence electrons. The molecule has 1 aliphatic rings. The first-order chi connectivity index (χ1) is 9.15. The molecule has 3 nitrogen and oxygen atoms in total. The van der Waals surface area contributed by atoms with Gasteiger partial charge in [-0.3, -0.25) is 4.79 Å². The molecule has 0 radical (unpaired) electrons. The molecule has 0 spiro atoms. The normalized spacial score (nSPS) is 22.3. The molecule has 0 aliphatic heterocycles. The molecule has 2 unspecified atom stereocenters. The number of nitrogens with one attached hydrogen (secondary N) is 1. The summed E-state index contributed by atoms with van der Waals surface area (Å²) in [5.41, 5.74) is 0.468. The number of methoxy groups -OCH3 is 1. The first kappa shape index (κ1) is 14.5. The van der Waals surface area contributed by atoms with Gasteiger partial charge in [-0.25, -0.2) is 0 Å². The van der Waals surface area contributed by atoms with Crippen LogP contribution in [0.15, 0.2) is 18.2 Å². The molecule has 2 atom stereocenters. The van der Waals surface area contributed by atoms with Crippen LogP contribution in [0.4, 0.5) is 0 Å². The summed E-state index contributed by atoms with van der Waals surface area (Å²) in [6, 6.07) is 5.17. The molecule has 0 bridgehead atoms. The maximum atomic E-state index is 12.3. The number of alkyl halides is 1. The number of halogens is 2. The lowest BCUT2D eigenvalue weighted by molar-refractivity contribution is 0.0927. The van der Waals surface area contributed by atoms with Crippen molar-refractivity contribution in [3.63, 3.8) is 0 Å². The van der Waals surface area contributed by atoms with Crippen LogP contribution in [-0.4, -0.2) is 24.9 Å². The summed E-state index contributed by atoms with van der Waals surface area (Å²) in [5, 5.41) is 3.56. The van der Waals surface area contributed by atoms with Crippen LogP contribution in [0.25, 0.3) is 0 Å². The zero-order chi connectivity index (χ0) is 13.8. The van der Waals surface area contributed by atoms with Crippen LogP contribution in [0.1, 0.15) is 29.6 Å². The zero-order valence-corrected chi connectivity index (χ0v) is 12.3. The number of ether oxygens (including phenoxy) is 1. The highest BCUT2D eigenvalue weighted by atomic mass is 35.5. The van der Waals surface area contributed by atoms with Gasteiger partial charge in [0.25, 0.3) is 5.91 Å². The van der Waals surface area contributed by atoms with E-state index in [4.69, 9.17) is 27.9 Å². The number of hydrogen-bond acceptors (Lipinski definition) is 2. The first-order valence-corrected chi connectivity index (χ1v) is 7.27. The molecule has 1 amide bonds. The Morgan fingerprint density at radius 2 is 2.26 bits per heavy atom. The summed E-state index contributed by atoms with van der Waals surface area (Å²) < 4.78 is 5.19. The second kappa shape index (κ2) is 6.49. The Bertz CT molecular complexity index is 465. The smallest absolute Gasteiger partial charge is 0.255 e. The molecular formula is C14H17Cl2NO2. The highest BCUT2D eigenvalue weighted by molar-refractivity contribution is 6.31. The molecule has 0 aromatic heterocycles. The molecule has 0 saturated heterocycles. The number of amides is 1. The number of carbonyl (C=O) groups excluding carboxylic acids is 1. The molecule has 1 aliphatic carbocycles. The van der Waals surface area contributed by atoms with E-state index in [9.17, 15) is 4.79 Å². The van der Waals surface area contributed by atoms with Crippen LogP contribution in [-0.2, 0) is 0 Å². The highest BCUT2D eigenvalue weighted by Gasteiger charge is 2.28. The van der Waals surface area contributed by atoms with Gasteiger partial charge in [0.1, 0.15) is 5.75 Å². The average Bonchev–Trinajstić information content (AvgIpc) is 2.85. The molecule has 0 heterocycles. The molecule has 1 saturated carbocycles. The van der Waals surface area contributed by atoms with E-state index in [1.165, 1.54) is 7.11 Å². The Balaban J connectivity index is 2.13. The lowest BCUT2D eigenvalue weighted by Gasteiger charge is -2.19. The van der Waals surface area contributed by atoms with Crippen LogP contribution in [0.2, 0.25) is 5.02 Å². The van der Waals surface area contributed by atoms with Crippen LogP contribution < -0.4 is 10.1 Å². The maximum absolute atomic E-state index is 12.3. The Labute approximate surface area is 123 Å². The average molecular weight is 302 g/mol. The molecular weight excluding hydrogens is 285 g/mol. The van der Waals surface area contributed by atoms with Crippen molar-refractivity contribution in [2.75, 3.05) is 13.0 Å². The van der Waals surface area contributed by atoms with Crippen LogP contribution >= 0.6 is 23.2 Å². The van der Waals surface area contributed by atoms with Gasteiger partial charge in [0.15, 0.2) is 0 Å². The number of hydrogen-bond donors (Lipinski definition) is 1. The molecule has 2 rings (SSSR count). The van der Waals surface area contributed by atoms with E-state index in [0.717, 1.165) is 19.3 Å². The van der Waals surface area contributed by atoms with E-state index in [-0.39, 0.29) is 11.9 Å². The van der Waals surface area contributed by atoms with E-state index in [0.29, 0.717) is 28.1 Å². The lowest BCUT2D eigenvalue weighted by Crippen LogP contribution is -2.38. The van der Waals surface area contributed by atoms with E-state index in [1.54, 1.807) is 18.2 Å². The van der Waals surface area contributed by atoms with Crippen LogP contribution in [0.5, 0.6) is 5.75 Å². The molecule has 1 aromatic rings. The molecule has 1 aromatic carbocycles. The van der Waals surface area contributed by atoms with Crippen molar-refractivity contribution in [1.82, 2.24) is 5.32 Å². The minimum atomic E-state index is -0.152. The third-order valence-electron chi connectivity index (χ3n) is 3.58. The number of carbonyl (C=O) groups is 1. The number of rotatable bonds is 4. The van der Waals surface area contributed by atoms with E-state index < -0.39 is 0 Å². The zero-order valence-electron chi connectivity index (χ0n) is 10.8. The van der Waals surface area contributed by atoms with E-state index in [1.807, 2.05) is 0 Å². The largest absolute Gasteiger partial charge is 0.496 e. The Hall–Kier alpha value is -0.930. The molecule has 19 heavy (non-hydrogen) atoms. The van der Waals surface area contributed by atoms with Gasteiger partial charge in [-0.15, -0.1) is 11.6 Å². The van der Waals surface area contributed by atoms with Crippen molar-refractivity contribution in [1.29, 1.82) is 0 Å². The van der Waals surface area contributed by atoms with Crippen molar-refractivity contribution < 1.29 is 9.53 Å². The second-order valence-electron chi connectivity index (χ2n) is 4.77. The van der Waals surface area contributed by atoms with Gasteiger partial charge in [0, 0.05) is 16.9 Å². The maximum Gasteiger partial charge on any atom is 0.255 e. The molecule has 1 N–H and O–H groups in total. The minimum absolute atomic E-state index is 0.147. The summed E-state index contributed by atoms with van der Waals surface area (Å²) in [5.74, 6) is 1.32. The predicted molar refractivity (Wildman–Crippen MR) is 77.3 cm³/mol. The topological polar surface area (TPSA) is 38.3 Å². The second-order valence-corrected chi connectivity index (χ2v) is 5.51. The summed E-state index contributed by atoms with van der Waals surface area (Å²) in [7, 11) is 1.54. The van der Waals surface area contributed by atoms with Crippen molar-refractivity contribution in [2.24, 2.45) is 5.92 Å². The molecule has 1 fully saturated rings. The SMILES string of the molecule is COc1ccc(Cl)cc1C(=O)NC1CCCC1CCl. The Morgan fingerprint density at radius 1 is 1.47 bits per heavy atom. The summed E-state index contributed by atoms with van der Waals surface area (Å²) in [4.78, 5) is 12.3. The summed E-state index contributed by atoms with van der Waals surface area (Å²) >= 11 is 11.9. The fraction of sp³-hybridized carbons (Fsp3) is 0.500. The quantitative estimate of drug-likeness (QED) is 0.865. The predicted octanol–water partition coefficient (Wildman–Crippen LogP) is 3.49. The molecule has 5 heteroatoms. The van der Waals surface area contributed by atoms with Gasteiger partial charge in [-0.1, -0.05) is 18.0 Å². The highest BCUT2D eigenvalue weighted by Crippen LogP contribution is 2.28. The fourth-order valence-corrected chi connectivity index (χ4v) is 3.06. The summed E-state index contributed by atoms with van der Waals surface area (Å²) in [6.45, 7) is 0. The van der Waals surface area contributed by atoms with Gasteiger partial charge >= 0.3 is 0 Å².